The second-order valence-corrected chi connectivity index (χ2v) is 5.81. The van der Waals surface area contributed by atoms with Gasteiger partial charge in [0.05, 0.1) is 5.60 Å². The number of carbonyl (C=O) groups excluding carboxylic acids is 1. The van der Waals surface area contributed by atoms with E-state index in [0.29, 0.717) is 31.6 Å². The second-order valence-electron chi connectivity index (χ2n) is 5.81. The smallest absolute Gasteiger partial charge is 0.274 e. The molecule has 3 heterocycles. The molecular weight excluding hydrogens is 254 g/mol. The van der Waals surface area contributed by atoms with Crippen LogP contribution in [0.5, 0.6) is 0 Å². The molecule has 1 N–H and O–H groups in total. The van der Waals surface area contributed by atoms with E-state index in [1.54, 1.807) is 11.1 Å². The first-order valence-electron chi connectivity index (χ1n) is 6.93. The summed E-state index contributed by atoms with van der Waals surface area (Å²) < 4.78 is 1.92. The standard InChI is InChI=1S/C15H19N3O2/c1-11-4-3-5-13-16-12(10-18(11)13)14(19)17-8-6-15(2,20)7-9-17/h3-5,10,20H,6-9H2,1-2H3. The minimum atomic E-state index is -0.647. The lowest BCUT2D eigenvalue weighted by atomic mass is 9.94. The van der Waals surface area contributed by atoms with Crippen molar-refractivity contribution < 1.29 is 9.90 Å². The van der Waals surface area contributed by atoms with Crippen molar-refractivity contribution in [1.29, 1.82) is 0 Å². The third kappa shape index (κ3) is 2.29. The van der Waals surface area contributed by atoms with E-state index in [9.17, 15) is 9.90 Å². The van der Waals surface area contributed by atoms with Crippen molar-refractivity contribution >= 4 is 11.6 Å². The number of fused-ring (bicyclic) bond motifs is 1. The summed E-state index contributed by atoms with van der Waals surface area (Å²) in [7, 11) is 0. The molecule has 2 aromatic rings. The Balaban J connectivity index is 1.84. The Hall–Kier alpha value is -1.88. The average molecular weight is 273 g/mol. The van der Waals surface area contributed by atoms with Gasteiger partial charge in [0, 0.05) is 25.0 Å². The second kappa shape index (κ2) is 4.59. The molecule has 1 fully saturated rings. The summed E-state index contributed by atoms with van der Waals surface area (Å²) in [6, 6.07) is 5.82. The van der Waals surface area contributed by atoms with Gasteiger partial charge in [-0.3, -0.25) is 4.79 Å². The van der Waals surface area contributed by atoms with E-state index in [-0.39, 0.29) is 5.91 Å². The van der Waals surface area contributed by atoms with Gasteiger partial charge in [-0.15, -0.1) is 0 Å². The number of aromatic nitrogens is 2. The van der Waals surface area contributed by atoms with Crippen molar-refractivity contribution in [3.8, 4) is 0 Å². The molecule has 0 spiro atoms. The van der Waals surface area contributed by atoms with Gasteiger partial charge in [0.1, 0.15) is 11.3 Å². The van der Waals surface area contributed by atoms with Crippen molar-refractivity contribution in [2.45, 2.75) is 32.3 Å². The van der Waals surface area contributed by atoms with Crippen LogP contribution in [0.4, 0.5) is 0 Å². The van der Waals surface area contributed by atoms with Crippen LogP contribution in [-0.4, -0.2) is 44.0 Å². The molecule has 3 rings (SSSR count). The molecule has 0 bridgehead atoms. The lowest BCUT2D eigenvalue weighted by Crippen LogP contribution is -2.45. The molecule has 0 saturated carbocycles. The quantitative estimate of drug-likeness (QED) is 0.859. The van der Waals surface area contributed by atoms with Crippen LogP contribution in [0.1, 0.15) is 35.9 Å². The topological polar surface area (TPSA) is 57.8 Å². The van der Waals surface area contributed by atoms with Crippen molar-refractivity contribution in [3.63, 3.8) is 0 Å². The van der Waals surface area contributed by atoms with Gasteiger partial charge in [-0.1, -0.05) is 6.07 Å². The van der Waals surface area contributed by atoms with Crippen molar-refractivity contribution in [1.82, 2.24) is 14.3 Å². The number of aryl methyl sites for hydroxylation is 1. The van der Waals surface area contributed by atoms with Gasteiger partial charge in [0.2, 0.25) is 0 Å². The van der Waals surface area contributed by atoms with Crippen LogP contribution in [0, 0.1) is 6.92 Å². The van der Waals surface area contributed by atoms with E-state index in [1.165, 1.54) is 0 Å². The zero-order chi connectivity index (χ0) is 14.3. The molecule has 5 nitrogen and oxygen atoms in total. The zero-order valence-corrected chi connectivity index (χ0v) is 11.8. The first-order chi connectivity index (χ1) is 9.46. The third-order valence-corrected chi connectivity index (χ3v) is 4.04. The zero-order valence-electron chi connectivity index (χ0n) is 11.8. The Labute approximate surface area is 117 Å². The summed E-state index contributed by atoms with van der Waals surface area (Å²) in [6.07, 6.45) is 3.02. The van der Waals surface area contributed by atoms with Crippen molar-refractivity contribution in [3.05, 3.63) is 35.8 Å². The minimum Gasteiger partial charge on any atom is -0.390 e. The Morgan fingerprint density at radius 1 is 1.35 bits per heavy atom. The Morgan fingerprint density at radius 3 is 2.70 bits per heavy atom. The normalized spacial score (nSPS) is 18.4. The van der Waals surface area contributed by atoms with Gasteiger partial charge in [-0.2, -0.15) is 0 Å². The van der Waals surface area contributed by atoms with E-state index < -0.39 is 5.60 Å². The van der Waals surface area contributed by atoms with Crippen molar-refractivity contribution in [2.24, 2.45) is 0 Å². The molecule has 106 valence electrons. The highest BCUT2D eigenvalue weighted by Gasteiger charge is 2.30. The fourth-order valence-corrected chi connectivity index (χ4v) is 2.60. The predicted octanol–water partition coefficient (Wildman–Crippen LogP) is 1.63. The first-order valence-corrected chi connectivity index (χ1v) is 6.93. The fraction of sp³-hybridized carbons (Fsp3) is 0.467. The summed E-state index contributed by atoms with van der Waals surface area (Å²) in [5, 5.41) is 9.94. The largest absolute Gasteiger partial charge is 0.390 e. The Morgan fingerprint density at radius 2 is 2.05 bits per heavy atom. The lowest BCUT2D eigenvalue weighted by Gasteiger charge is -2.35. The number of pyridine rings is 1. The molecule has 20 heavy (non-hydrogen) atoms. The van der Waals surface area contributed by atoms with E-state index in [2.05, 4.69) is 4.98 Å². The van der Waals surface area contributed by atoms with Gasteiger partial charge in [-0.25, -0.2) is 4.98 Å². The number of amides is 1. The molecule has 0 aliphatic carbocycles. The third-order valence-electron chi connectivity index (χ3n) is 4.04. The number of rotatable bonds is 1. The van der Waals surface area contributed by atoms with Gasteiger partial charge in [0.25, 0.3) is 5.91 Å². The molecule has 1 amide bonds. The number of hydrogen-bond acceptors (Lipinski definition) is 3. The van der Waals surface area contributed by atoms with Gasteiger partial charge in [0.15, 0.2) is 0 Å². The highest BCUT2D eigenvalue weighted by molar-refractivity contribution is 5.93. The summed E-state index contributed by atoms with van der Waals surface area (Å²) in [5.41, 5.74) is 1.67. The molecule has 5 heteroatoms. The van der Waals surface area contributed by atoms with Crippen LogP contribution >= 0.6 is 0 Å². The fourth-order valence-electron chi connectivity index (χ4n) is 2.60. The van der Waals surface area contributed by atoms with Gasteiger partial charge in [-0.05, 0) is 38.8 Å². The van der Waals surface area contributed by atoms with E-state index in [0.717, 1.165) is 11.3 Å². The highest BCUT2D eigenvalue weighted by atomic mass is 16.3. The predicted molar refractivity (Wildman–Crippen MR) is 75.7 cm³/mol. The van der Waals surface area contributed by atoms with Crippen LogP contribution in [0.15, 0.2) is 24.4 Å². The van der Waals surface area contributed by atoms with E-state index >= 15 is 0 Å². The van der Waals surface area contributed by atoms with Crippen LogP contribution in [0.2, 0.25) is 0 Å². The minimum absolute atomic E-state index is 0.0522. The summed E-state index contributed by atoms with van der Waals surface area (Å²) in [4.78, 5) is 18.6. The first kappa shape index (κ1) is 13.1. The number of nitrogens with zero attached hydrogens (tertiary/aromatic N) is 3. The number of likely N-dealkylation sites (tertiary alicyclic amines) is 1. The van der Waals surface area contributed by atoms with Gasteiger partial charge < -0.3 is 14.4 Å². The molecule has 0 atom stereocenters. The molecule has 1 saturated heterocycles. The SMILES string of the molecule is Cc1cccc2nc(C(=O)N3CCC(C)(O)CC3)cn12. The van der Waals surface area contributed by atoms with Crippen LogP contribution < -0.4 is 0 Å². The maximum Gasteiger partial charge on any atom is 0.274 e. The monoisotopic (exact) mass is 273 g/mol. The molecule has 2 aromatic heterocycles. The maximum atomic E-state index is 12.5. The summed E-state index contributed by atoms with van der Waals surface area (Å²) in [6.45, 7) is 4.97. The van der Waals surface area contributed by atoms with Gasteiger partial charge >= 0.3 is 0 Å². The molecule has 1 aliphatic heterocycles. The summed E-state index contributed by atoms with van der Waals surface area (Å²) >= 11 is 0. The lowest BCUT2D eigenvalue weighted by molar-refractivity contribution is -0.00217. The molecule has 0 aromatic carbocycles. The number of carbonyl (C=O) groups is 1. The number of imidazole rings is 1. The van der Waals surface area contributed by atoms with Crippen LogP contribution in [0.25, 0.3) is 5.65 Å². The van der Waals surface area contributed by atoms with Crippen molar-refractivity contribution in [2.75, 3.05) is 13.1 Å². The Kier molecular flexibility index (Phi) is 3.01. The number of aliphatic hydroxyl groups is 1. The molecule has 0 unspecified atom stereocenters. The molecule has 0 radical (unpaired) electrons. The summed E-state index contributed by atoms with van der Waals surface area (Å²) in [5.74, 6) is -0.0522. The molecular formula is C15H19N3O2. The molecule has 1 aliphatic rings. The highest BCUT2D eigenvalue weighted by Crippen LogP contribution is 2.22. The van der Waals surface area contributed by atoms with E-state index in [1.807, 2.05) is 36.4 Å². The number of hydrogen-bond donors (Lipinski definition) is 1. The van der Waals surface area contributed by atoms with Crippen LogP contribution in [-0.2, 0) is 0 Å². The average Bonchev–Trinajstić information content (AvgIpc) is 2.83. The maximum absolute atomic E-state index is 12.5. The van der Waals surface area contributed by atoms with Crippen LogP contribution in [0.3, 0.4) is 0 Å². The number of piperidine rings is 1. The van der Waals surface area contributed by atoms with E-state index in [4.69, 9.17) is 0 Å². The Bertz CT molecular complexity index is 650.